The van der Waals surface area contributed by atoms with Crippen LogP contribution in [-0.2, 0) is 4.74 Å². The zero-order valence-corrected chi connectivity index (χ0v) is 11.0. The molecule has 2 heterocycles. The number of aromatic nitrogens is 2. The number of nitrogens with one attached hydrogen (secondary N) is 2. The van der Waals surface area contributed by atoms with Gasteiger partial charge in [0.2, 0.25) is 5.28 Å². The number of hydrogen-bond donors (Lipinski definition) is 2. The van der Waals surface area contributed by atoms with Crippen LogP contribution >= 0.6 is 11.6 Å². The molecule has 0 bridgehead atoms. The van der Waals surface area contributed by atoms with E-state index in [0.29, 0.717) is 17.4 Å². The molecule has 1 aromatic carbocycles. The van der Waals surface area contributed by atoms with E-state index in [0.717, 1.165) is 30.5 Å². The third-order valence-electron chi connectivity index (χ3n) is 3.23. The highest BCUT2D eigenvalue weighted by molar-refractivity contribution is 6.29. The van der Waals surface area contributed by atoms with E-state index >= 15 is 0 Å². The number of ether oxygens (including phenoxy) is 1. The second-order valence-corrected chi connectivity index (χ2v) is 4.96. The number of rotatable bonds is 3. The maximum Gasteiger partial charge on any atom is 0.251 e. The molecule has 1 atom stereocenters. The molecule has 0 saturated carbocycles. The van der Waals surface area contributed by atoms with Gasteiger partial charge < -0.3 is 15.0 Å². The molecule has 0 radical (unpaired) electrons. The topological polar surface area (TPSA) is 67.0 Å². The molecular weight excluding hydrogens is 266 g/mol. The Balaban J connectivity index is 1.69. The van der Waals surface area contributed by atoms with Crippen LogP contribution in [0.1, 0.15) is 23.2 Å². The molecule has 0 spiro atoms. The lowest BCUT2D eigenvalue weighted by molar-refractivity contribution is 0.0858. The monoisotopic (exact) mass is 279 g/mol. The first-order chi connectivity index (χ1) is 9.22. The van der Waals surface area contributed by atoms with Gasteiger partial charge >= 0.3 is 0 Å². The standard InChI is InChI=1S/C13H14ClN3O2/c14-13-16-10-4-3-8(6-11(10)17-13)12(18)15-7-9-2-1-5-19-9/h3-4,6,9H,1-2,5,7H2,(H,15,18)(H,16,17). The van der Waals surface area contributed by atoms with Crippen LogP contribution in [0, 0.1) is 0 Å². The second-order valence-electron chi connectivity index (χ2n) is 4.60. The highest BCUT2D eigenvalue weighted by Crippen LogP contribution is 2.16. The van der Waals surface area contributed by atoms with E-state index in [9.17, 15) is 4.79 Å². The Morgan fingerprint density at radius 3 is 3.26 bits per heavy atom. The summed E-state index contributed by atoms with van der Waals surface area (Å²) in [4.78, 5) is 19.0. The van der Waals surface area contributed by atoms with Gasteiger partial charge in [0.05, 0.1) is 17.1 Å². The van der Waals surface area contributed by atoms with E-state index in [2.05, 4.69) is 15.3 Å². The van der Waals surface area contributed by atoms with Crippen LogP contribution in [0.15, 0.2) is 18.2 Å². The molecule has 3 rings (SSSR count). The lowest BCUT2D eigenvalue weighted by Gasteiger charge is -2.10. The third kappa shape index (κ3) is 2.72. The van der Waals surface area contributed by atoms with Gasteiger partial charge in [-0.15, -0.1) is 0 Å². The molecule has 2 N–H and O–H groups in total. The summed E-state index contributed by atoms with van der Waals surface area (Å²) in [5, 5.41) is 3.21. The minimum atomic E-state index is -0.108. The fraction of sp³-hybridized carbons (Fsp3) is 0.385. The van der Waals surface area contributed by atoms with Crippen molar-refractivity contribution in [1.29, 1.82) is 0 Å². The molecule has 1 aliphatic rings. The van der Waals surface area contributed by atoms with Gasteiger partial charge in [-0.25, -0.2) is 4.98 Å². The minimum absolute atomic E-state index is 0.108. The van der Waals surface area contributed by atoms with Gasteiger partial charge in [0.1, 0.15) is 0 Å². The van der Waals surface area contributed by atoms with Gasteiger partial charge in [-0.2, -0.15) is 0 Å². The molecule has 1 saturated heterocycles. The largest absolute Gasteiger partial charge is 0.376 e. The van der Waals surface area contributed by atoms with Crippen LogP contribution in [0.2, 0.25) is 5.28 Å². The number of benzene rings is 1. The first-order valence-corrected chi connectivity index (χ1v) is 6.65. The number of H-pyrrole nitrogens is 1. The number of aromatic amines is 1. The van der Waals surface area contributed by atoms with Crippen LogP contribution in [0.3, 0.4) is 0 Å². The normalized spacial score (nSPS) is 18.9. The Morgan fingerprint density at radius 1 is 1.58 bits per heavy atom. The Bertz CT molecular complexity index is 605. The van der Waals surface area contributed by atoms with Crippen LogP contribution in [0.25, 0.3) is 11.0 Å². The zero-order chi connectivity index (χ0) is 13.2. The predicted molar refractivity (Wildman–Crippen MR) is 72.4 cm³/mol. The van der Waals surface area contributed by atoms with E-state index < -0.39 is 0 Å². The highest BCUT2D eigenvalue weighted by atomic mass is 35.5. The number of carbonyl (C=O) groups is 1. The van der Waals surface area contributed by atoms with Gasteiger partial charge in [-0.1, -0.05) is 0 Å². The Kier molecular flexibility index (Phi) is 3.40. The number of nitrogens with zero attached hydrogens (tertiary/aromatic N) is 1. The molecule has 6 heteroatoms. The first kappa shape index (κ1) is 12.4. The maximum absolute atomic E-state index is 12.0. The molecule has 100 valence electrons. The average molecular weight is 280 g/mol. The summed E-state index contributed by atoms with van der Waals surface area (Å²) in [5.41, 5.74) is 2.10. The molecule has 0 aliphatic carbocycles. The van der Waals surface area contributed by atoms with Gasteiger partial charge in [0, 0.05) is 18.7 Å². The van der Waals surface area contributed by atoms with E-state index in [1.807, 2.05) is 0 Å². The molecule has 1 fully saturated rings. The molecule has 1 aliphatic heterocycles. The van der Waals surface area contributed by atoms with Crippen LogP contribution < -0.4 is 5.32 Å². The summed E-state index contributed by atoms with van der Waals surface area (Å²) in [6.07, 6.45) is 2.23. The van der Waals surface area contributed by atoms with Crippen molar-refractivity contribution in [3.8, 4) is 0 Å². The molecule has 19 heavy (non-hydrogen) atoms. The number of fused-ring (bicyclic) bond motifs is 1. The summed E-state index contributed by atoms with van der Waals surface area (Å²) >= 11 is 5.78. The molecule has 5 nitrogen and oxygen atoms in total. The van der Waals surface area contributed by atoms with Crippen LogP contribution in [-0.4, -0.2) is 35.1 Å². The number of hydrogen-bond acceptors (Lipinski definition) is 3. The number of amides is 1. The maximum atomic E-state index is 12.0. The number of halogens is 1. The highest BCUT2D eigenvalue weighted by Gasteiger charge is 2.16. The average Bonchev–Trinajstić information content (AvgIpc) is 3.02. The smallest absolute Gasteiger partial charge is 0.251 e. The van der Waals surface area contributed by atoms with Crippen LogP contribution in [0.4, 0.5) is 0 Å². The van der Waals surface area contributed by atoms with Crippen molar-refractivity contribution in [2.24, 2.45) is 0 Å². The van der Waals surface area contributed by atoms with Crippen LogP contribution in [0.5, 0.6) is 0 Å². The summed E-state index contributed by atoms with van der Waals surface area (Å²) < 4.78 is 5.46. The minimum Gasteiger partial charge on any atom is -0.376 e. The number of imidazole rings is 1. The van der Waals surface area contributed by atoms with Gasteiger partial charge in [0.15, 0.2) is 0 Å². The fourth-order valence-electron chi connectivity index (χ4n) is 2.23. The van der Waals surface area contributed by atoms with E-state index in [1.165, 1.54) is 0 Å². The van der Waals surface area contributed by atoms with E-state index in [1.54, 1.807) is 18.2 Å². The summed E-state index contributed by atoms with van der Waals surface area (Å²) in [7, 11) is 0. The van der Waals surface area contributed by atoms with Crippen molar-refractivity contribution >= 4 is 28.5 Å². The molecule has 1 unspecified atom stereocenters. The van der Waals surface area contributed by atoms with Gasteiger partial charge in [-0.05, 0) is 42.6 Å². The third-order valence-corrected chi connectivity index (χ3v) is 3.41. The van der Waals surface area contributed by atoms with Crippen molar-refractivity contribution in [2.75, 3.05) is 13.2 Å². The van der Waals surface area contributed by atoms with Crippen molar-refractivity contribution in [1.82, 2.24) is 15.3 Å². The molecular formula is C13H14ClN3O2. The quantitative estimate of drug-likeness (QED) is 0.904. The van der Waals surface area contributed by atoms with E-state index in [-0.39, 0.29) is 12.0 Å². The molecule has 1 amide bonds. The summed E-state index contributed by atoms with van der Waals surface area (Å²) in [5.74, 6) is -0.108. The van der Waals surface area contributed by atoms with Crippen molar-refractivity contribution in [3.63, 3.8) is 0 Å². The zero-order valence-electron chi connectivity index (χ0n) is 10.3. The lowest BCUT2D eigenvalue weighted by atomic mass is 10.2. The Morgan fingerprint density at radius 2 is 2.47 bits per heavy atom. The SMILES string of the molecule is O=C(NCC1CCCO1)c1ccc2nc(Cl)[nH]c2c1. The Labute approximate surface area is 115 Å². The summed E-state index contributed by atoms with van der Waals surface area (Å²) in [6, 6.07) is 5.27. The summed E-state index contributed by atoms with van der Waals surface area (Å²) in [6.45, 7) is 1.35. The van der Waals surface area contributed by atoms with Crippen molar-refractivity contribution in [2.45, 2.75) is 18.9 Å². The molecule has 2 aromatic rings. The van der Waals surface area contributed by atoms with Crippen molar-refractivity contribution in [3.05, 3.63) is 29.0 Å². The van der Waals surface area contributed by atoms with Gasteiger partial charge in [0.25, 0.3) is 5.91 Å². The van der Waals surface area contributed by atoms with Crippen molar-refractivity contribution < 1.29 is 9.53 Å². The lowest BCUT2D eigenvalue weighted by Crippen LogP contribution is -2.31. The Hall–Kier alpha value is -1.59. The van der Waals surface area contributed by atoms with E-state index in [4.69, 9.17) is 16.3 Å². The van der Waals surface area contributed by atoms with Gasteiger partial charge in [-0.3, -0.25) is 4.79 Å². The first-order valence-electron chi connectivity index (χ1n) is 6.27. The second kappa shape index (κ2) is 5.19. The number of carbonyl (C=O) groups excluding carboxylic acids is 1. The molecule has 1 aromatic heterocycles. The predicted octanol–water partition coefficient (Wildman–Crippen LogP) is 2.13. The fourth-order valence-corrected chi connectivity index (χ4v) is 2.43.